The summed E-state index contributed by atoms with van der Waals surface area (Å²) in [5.74, 6) is -0.274. The molecule has 5 atom stereocenters. The Balaban J connectivity index is 1.02. The standard InChI is InChI=1S/C41H48N5O7PS/c1-26(2)24-52-41(50)27(3)44-54(51,53-33-11-5-4-6-12-33)25-28-14-17-36-30(19-28)20-37(55-36)38(47)43-34-13-7-10-32-15-16-35(46(32)39(34)48)40(49)45-22-31(23-45)29-9-8-18-42-21-29/h4-6,8-9,11-12,14,17-21,26-27,31-32,34-35H,7,10,13,15-16,22-25H2,1-3H3,(H,43,47)(H,44,51)/t27-,32-,34-,35-,54?/m0/s1. The molecule has 290 valence electrons. The van der Waals surface area contributed by atoms with Crippen LogP contribution in [0.2, 0.25) is 0 Å². The van der Waals surface area contributed by atoms with E-state index in [2.05, 4.69) is 15.4 Å². The number of amides is 3. The van der Waals surface area contributed by atoms with Crippen LogP contribution in [0, 0.1) is 5.92 Å². The largest absolute Gasteiger partial charge is 0.464 e. The molecule has 0 radical (unpaired) electrons. The molecule has 4 aromatic rings. The highest BCUT2D eigenvalue weighted by molar-refractivity contribution is 7.56. The molecule has 1 unspecified atom stereocenters. The van der Waals surface area contributed by atoms with Crippen LogP contribution >= 0.6 is 18.9 Å². The highest BCUT2D eigenvalue weighted by atomic mass is 32.1. The van der Waals surface area contributed by atoms with Gasteiger partial charge in [-0.3, -0.25) is 28.7 Å². The van der Waals surface area contributed by atoms with Crippen LogP contribution in [0.1, 0.15) is 79.6 Å². The molecule has 2 N–H and O–H groups in total. The lowest BCUT2D eigenvalue weighted by Crippen LogP contribution is -2.58. The summed E-state index contributed by atoms with van der Waals surface area (Å²) in [5, 5.41) is 6.70. The molecule has 14 heteroatoms. The maximum absolute atomic E-state index is 14.3. The van der Waals surface area contributed by atoms with E-state index in [9.17, 15) is 23.7 Å². The van der Waals surface area contributed by atoms with Gasteiger partial charge in [0.05, 0.1) is 17.6 Å². The topological polar surface area (TPSA) is 147 Å². The number of hydrogen-bond acceptors (Lipinski definition) is 9. The lowest BCUT2D eigenvalue weighted by atomic mass is 9.92. The molecule has 55 heavy (non-hydrogen) atoms. The highest BCUT2D eigenvalue weighted by Crippen LogP contribution is 2.47. The molecule has 3 fully saturated rings. The second kappa shape index (κ2) is 16.6. The molecular formula is C41H48N5O7PS. The molecule has 0 spiro atoms. The lowest BCUT2D eigenvalue weighted by Gasteiger charge is -2.42. The molecule has 5 heterocycles. The van der Waals surface area contributed by atoms with Gasteiger partial charge in [-0.15, -0.1) is 11.3 Å². The maximum Gasteiger partial charge on any atom is 0.323 e. The summed E-state index contributed by atoms with van der Waals surface area (Å²) < 4.78 is 26.6. The Hall–Kier alpha value is -4.58. The fraction of sp³-hybridized carbons (Fsp3) is 0.439. The molecule has 2 aromatic carbocycles. The first-order valence-corrected chi connectivity index (χ1v) is 21.7. The molecule has 3 amide bonds. The Kier molecular flexibility index (Phi) is 11.7. The van der Waals surface area contributed by atoms with Gasteiger partial charge in [-0.25, -0.2) is 5.09 Å². The van der Waals surface area contributed by atoms with Crippen molar-refractivity contribution in [3.8, 4) is 5.75 Å². The van der Waals surface area contributed by atoms with Crippen molar-refractivity contribution in [1.29, 1.82) is 0 Å². The SMILES string of the molecule is CC(C)COC(=O)[C@H](C)NP(=O)(Cc1ccc2sc(C(=O)N[C@H]3CCC[C@H]4CC[C@@H](C(=O)N5CC(c6cccnc6)C5)N4C3=O)cc2c1)Oc1ccccc1. The minimum absolute atomic E-state index is 0.00787. The second-order valence-corrected chi connectivity index (χ2v) is 18.5. The van der Waals surface area contributed by atoms with Gasteiger partial charge in [0, 0.05) is 42.1 Å². The Morgan fingerprint density at radius 2 is 1.78 bits per heavy atom. The van der Waals surface area contributed by atoms with Crippen molar-refractivity contribution >= 4 is 52.6 Å². The van der Waals surface area contributed by atoms with Gasteiger partial charge < -0.3 is 24.4 Å². The number of benzene rings is 2. The zero-order chi connectivity index (χ0) is 38.7. The van der Waals surface area contributed by atoms with Crippen molar-refractivity contribution in [3.05, 3.63) is 95.1 Å². The molecule has 3 aliphatic rings. The Morgan fingerprint density at radius 3 is 2.53 bits per heavy atom. The Labute approximate surface area is 325 Å². The third-order valence-electron chi connectivity index (χ3n) is 10.5. The number of para-hydroxylation sites is 1. The quantitative estimate of drug-likeness (QED) is 0.114. The summed E-state index contributed by atoms with van der Waals surface area (Å²) in [5.41, 5.74) is 1.80. The number of pyridine rings is 1. The van der Waals surface area contributed by atoms with E-state index in [0.717, 1.165) is 34.9 Å². The van der Waals surface area contributed by atoms with Crippen molar-refractivity contribution in [2.24, 2.45) is 5.92 Å². The molecule has 0 saturated carbocycles. The number of thiophene rings is 1. The molecule has 0 aliphatic carbocycles. The highest BCUT2D eigenvalue weighted by Gasteiger charge is 2.47. The van der Waals surface area contributed by atoms with E-state index in [4.69, 9.17) is 9.26 Å². The van der Waals surface area contributed by atoms with E-state index in [1.807, 2.05) is 61.3 Å². The summed E-state index contributed by atoms with van der Waals surface area (Å²) in [6, 6.07) is 17.9. The van der Waals surface area contributed by atoms with Gasteiger partial charge in [-0.2, -0.15) is 0 Å². The lowest BCUT2D eigenvalue weighted by molar-refractivity contribution is -0.148. The fourth-order valence-corrected chi connectivity index (χ4v) is 10.7. The van der Waals surface area contributed by atoms with Crippen LogP contribution in [0.15, 0.2) is 79.1 Å². The van der Waals surface area contributed by atoms with Crippen LogP contribution in [-0.2, 0) is 29.8 Å². The summed E-state index contributed by atoms with van der Waals surface area (Å²) in [7, 11) is -3.69. The number of aromatic nitrogens is 1. The van der Waals surface area contributed by atoms with Crippen LogP contribution < -0.4 is 14.9 Å². The van der Waals surface area contributed by atoms with Crippen molar-refractivity contribution in [2.45, 2.75) is 89.1 Å². The number of rotatable bonds is 13. The first-order chi connectivity index (χ1) is 26.5. The van der Waals surface area contributed by atoms with Gasteiger partial charge >= 0.3 is 13.5 Å². The first kappa shape index (κ1) is 38.7. The first-order valence-electron chi connectivity index (χ1n) is 19.1. The summed E-state index contributed by atoms with van der Waals surface area (Å²) in [6.45, 7) is 6.96. The van der Waals surface area contributed by atoms with E-state index in [1.54, 1.807) is 48.4 Å². The smallest absolute Gasteiger partial charge is 0.323 e. The fourth-order valence-electron chi connectivity index (χ4n) is 7.69. The molecule has 3 saturated heterocycles. The number of nitrogens with one attached hydrogen (secondary N) is 2. The molecule has 0 bridgehead atoms. The van der Waals surface area contributed by atoms with E-state index in [-0.39, 0.29) is 48.4 Å². The van der Waals surface area contributed by atoms with E-state index >= 15 is 0 Å². The average Bonchev–Trinajstić information content (AvgIpc) is 3.74. The van der Waals surface area contributed by atoms with Gasteiger partial charge in [-0.1, -0.05) is 44.2 Å². The predicted octanol–water partition coefficient (Wildman–Crippen LogP) is 6.51. The van der Waals surface area contributed by atoms with Crippen molar-refractivity contribution in [1.82, 2.24) is 25.2 Å². The maximum atomic E-state index is 14.3. The summed E-state index contributed by atoms with van der Waals surface area (Å²) in [4.78, 5) is 62.4. The van der Waals surface area contributed by atoms with Crippen LogP contribution in [0.3, 0.4) is 0 Å². The third-order valence-corrected chi connectivity index (χ3v) is 13.7. The van der Waals surface area contributed by atoms with Crippen molar-refractivity contribution in [2.75, 3.05) is 19.7 Å². The van der Waals surface area contributed by atoms with Gasteiger partial charge in [0.1, 0.15) is 23.9 Å². The Morgan fingerprint density at radius 1 is 0.982 bits per heavy atom. The van der Waals surface area contributed by atoms with Gasteiger partial charge in [0.25, 0.3) is 5.91 Å². The van der Waals surface area contributed by atoms with Crippen LogP contribution in [0.25, 0.3) is 10.1 Å². The summed E-state index contributed by atoms with van der Waals surface area (Å²) in [6.07, 6.45) is 7.05. The monoisotopic (exact) mass is 785 g/mol. The molecule has 7 rings (SSSR count). The number of carbonyl (C=O) groups is 4. The number of ether oxygens (including phenoxy) is 1. The second-order valence-electron chi connectivity index (χ2n) is 15.3. The van der Waals surface area contributed by atoms with Crippen molar-refractivity contribution < 1.29 is 33.0 Å². The molecule has 3 aliphatic heterocycles. The van der Waals surface area contributed by atoms with Crippen LogP contribution in [0.4, 0.5) is 0 Å². The third kappa shape index (κ3) is 8.95. The number of nitrogens with zero attached hydrogens (tertiary/aromatic N) is 3. The zero-order valence-corrected chi connectivity index (χ0v) is 33.1. The van der Waals surface area contributed by atoms with E-state index in [1.165, 1.54) is 11.3 Å². The van der Waals surface area contributed by atoms with Gasteiger partial charge in [0.15, 0.2) is 0 Å². The summed E-state index contributed by atoms with van der Waals surface area (Å²) >= 11 is 1.31. The Bertz CT molecular complexity index is 2070. The average molecular weight is 786 g/mol. The molecular weight excluding hydrogens is 738 g/mol. The van der Waals surface area contributed by atoms with Gasteiger partial charge in [0.2, 0.25) is 11.8 Å². The number of hydrogen-bond donors (Lipinski definition) is 2. The molecule has 12 nitrogen and oxygen atoms in total. The molecule has 2 aromatic heterocycles. The number of fused-ring (bicyclic) bond motifs is 2. The van der Waals surface area contributed by atoms with Crippen molar-refractivity contribution in [3.63, 3.8) is 0 Å². The number of likely N-dealkylation sites (tertiary alicyclic amines) is 1. The number of esters is 1. The van der Waals surface area contributed by atoms with Crippen LogP contribution in [0.5, 0.6) is 5.75 Å². The van der Waals surface area contributed by atoms with E-state index < -0.39 is 31.6 Å². The number of carbonyl (C=O) groups excluding carboxylic acids is 4. The zero-order valence-electron chi connectivity index (χ0n) is 31.4. The van der Waals surface area contributed by atoms with Gasteiger partial charge in [-0.05, 0) is 97.9 Å². The normalized spacial score (nSPS) is 21.7. The van der Waals surface area contributed by atoms with Crippen LogP contribution in [-0.4, -0.2) is 82.3 Å². The minimum Gasteiger partial charge on any atom is -0.464 e. The minimum atomic E-state index is -3.69. The predicted molar refractivity (Wildman–Crippen MR) is 211 cm³/mol. The van der Waals surface area contributed by atoms with E-state index in [0.29, 0.717) is 42.1 Å².